The molecule has 6 nitrogen and oxygen atoms in total. The molecule has 9 heteroatoms. The summed E-state index contributed by atoms with van der Waals surface area (Å²) in [5.74, 6) is -0.518. The number of alkyl halides is 3. The summed E-state index contributed by atoms with van der Waals surface area (Å²) in [5.41, 5.74) is -0.342. The van der Waals surface area contributed by atoms with Crippen LogP contribution in [0.4, 0.5) is 18.9 Å². The number of nitrogens with zero attached hydrogens (tertiary/aromatic N) is 1. The third-order valence-corrected chi connectivity index (χ3v) is 4.22. The molecule has 0 aliphatic carbocycles. The standard InChI is InChI=1S/C18H17F3N2O4/c19-18(20,21)12-3-5-13(6-4-12)22-16(26)11-2-1-7-23(9-11)17-15(25)8-14(10-24)27-17/h1-7,9,14-15,17,24-25H,8,10H2/p+1/t14?,15-,17?/m1/s1. The van der Waals surface area contributed by atoms with Gasteiger partial charge in [-0.05, 0) is 30.3 Å². The molecule has 1 aromatic heterocycles. The first-order valence-electron chi connectivity index (χ1n) is 8.21. The van der Waals surface area contributed by atoms with Gasteiger partial charge in [0, 0.05) is 18.2 Å². The van der Waals surface area contributed by atoms with Crippen molar-refractivity contribution in [1.29, 1.82) is 0 Å². The van der Waals surface area contributed by atoms with E-state index in [1.807, 2.05) is 0 Å². The Morgan fingerprint density at radius 2 is 1.96 bits per heavy atom. The van der Waals surface area contributed by atoms with Crippen molar-refractivity contribution < 1.29 is 37.5 Å². The third-order valence-electron chi connectivity index (χ3n) is 4.22. The number of nitrogens with one attached hydrogen (secondary N) is 1. The number of benzene rings is 1. The molecule has 2 heterocycles. The number of anilines is 1. The molecule has 1 aliphatic rings. The average molecular weight is 383 g/mol. The Bertz CT molecular complexity index is 811. The number of hydrogen-bond acceptors (Lipinski definition) is 4. The van der Waals surface area contributed by atoms with E-state index in [9.17, 15) is 23.1 Å². The van der Waals surface area contributed by atoms with Crippen molar-refractivity contribution in [3.05, 3.63) is 59.9 Å². The Labute approximate surface area is 152 Å². The second kappa shape index (κ2) is 7.63. The lowest BCUT2D eigenvalue weighted by Gasteiger charge is -2.11. The van der Waals surface area contributed by atoms with Crippen molar-refractivity contribution in [3.8, 4) is 0 Å². The van der Waals surface area contributed by atoms with Gasteiger partial charge in [-0.1, -0.05) is 0 Å². The Morgan fingerprint density at radius 3 is 2.56 bits per heavy atom. The zero-order valence-corrected chi connectivity index (χ0v) is 14.1. The molecule has 1 saturated heterocycles. The predicted octanol–water partition coefficient (Wildman–Crippen LogP) is 1.89. The Balaban J connectivity index is 1.72. The first kappa shape index (κ1) is 19.3. The number of aliphatic hydroxyl groups excluding tert-OH is 2. The van der Waals surface area contributed by atoms with Crippen molar-refractivity contribution in [3.63, 3.8) is 0 Å². The number of carbonyl (C=O) groups excluding carboxylic acids is 1. The van der Waals surface area contributed by atoms with Crippen LogP contribution in [0.2, 0.25) is 0 Å². The zero-order valence-electron chi connectivity index (χ0n) is 14.1. The topological polar surface area (TPSA) is 82.7 Å². The summed E-state index contributed by atoms with van der Waals surface area (Å²) in [6.45, 7) is -0.220. The van der Waals surface area contributed by atoms with Gasteiger partial charge in [0.25, 0.3) is 12.1 Å². The summed E-state index contributed by atoms with van der Waals surface area (Å²) in [7, 11) is 0. The Hall–Kier alpha value is -2.49. The fourth-order valence-corrected chi connectivity index (χ4v) is 2.85. The summed E-state index contributed by atoms with van der Waals surface area (Å²) in [5, 5.41) is 21.7. The van der Waals surface area contributed by atoms with E-state index in [0.29, 0.717) is 0 Å². The minimum atomic E-state index is -4.44. The van der Waals surface area contributed by atoms with Crippen LogP contribution < -0.4 is 9.88 Å². The lowest BCUT2D eigenvalue weighted by molar-refractivity contribution is -0.765. The van der Waals surface area contributed by atoms with Gasteiger partial charge < -0.3 is 20.3 Å². The van der Waals surface area contributed by atoms with Crippen LogP contribution in [-0.2, 0) is 10.9 Å². The van der Waals surface area contributed by atoms with Gasteiger partial charge >= 0.3 is 6.18 Å². The van der Waals surface area contributed by atoms with E-state index >= 15 is 0 Å². The van der Waals surface area contributed by atoms with E-state index in [2.05, 4.69) is 5.32 Å². The van der Waals surface area contributed by atoms with Gasteiger partial charge in [-0.15, -0.1) is 0 Å². The van der Waals surface area contributed by atoms with Crippen molar-refractivity contribution in [2.45, 2.75) is 31.0 Å². The third kappa shape index (κ3) is 4.44. The minimum Gasteiger partial charge on any atom is -0.394 e. The number of pyridine rings is 1. The van der Waals surface area contributed by atoms with Crippen LogP contribution in [0.1, 0.15) is 28.6 Å². The van der Waals surface area contributed by atoms with Gasteiger partial charge in [0.1, 0.15) is 11.7 Å². The summed E-state index contributed by atoms with van der Waals surface area (Å²) >= 11 is 0. The fourth-order valence-electron chi connectivity index (χ4n) is 2.85. The number of halogens is 3. The van der Waals surface area contributed by atoms with E-state index in [1.165, 1.54) is 29.0 Å². The van der Waals surface area contributed by atoms with Crippen LogP contribution in [0.3, 0.4) is 0 Å². The first-order valence-corrected chi connectivity index (χ1v) is 8.21. The molecule has 1 aromatic carbocycles. The van der Waals surface area contributed by atoms with Crippen LogP contribution in [0, 0.1) is 0 Å². The Kier molecular flexibility index (Phi) is 5.45. The van der Waals surface area contributed by atoms with Crippen molar-refractivity contribution in [2.75, 3.05) is 11.9 Å². The lowest BCUT2D eigenvalue weighted by Crippen LogP contribution is -2.44. The maximum absolute atomic E-state index is 12.6. The van der Waals surface area contributed by atoms with Gasteiger partial charge in [0.15, 0.2) is 12.4 Å². The minimum absolute atomic E-state index is 0.220. The van der Waals surface area contributed by atoms with Crippen LogP contribution in [0.5, 0.6) is 0 Å². The number of hydrogen-bond donors (Lipinski definition) is 3. The molecule has 0 saturated carbocycles. The Morgan fingerprint density at radius 1 is 1.26 bits per heavy atom. The van der Waals surface area contributed by atoms with Crippen molar-refractivity contribution in [2.24, 2.45) is 0 Å². The molecule has 144 valence electrons. The second-order valence-corrected chi connectivity index (χ2v) is 6.20. The molecule has 0 spiro atoms. The van der Waals surface area contributed by atoms with Gasteiger partial charge in [0.2, 0.25) is 0 Å². The molecule has 3 N–H and O–H groups in total. The van der Waals surface area contributed by atoms with Crippen molar-refractivity contribution >= 4 is 11.6 Å². The average Bonchev–Trinajstić information content (AvgIpc) is 3.02. The van der Waals surface area contributed by atoms with Crippen LogP contribution in [0.25, 0.3) is 0 Å². The largest absolute Gasteiger partial charge is 0.416 e. The van der Waals surface area contributed by atoms with Gasteiger partial charge in [-0.3, -0.25) is 4.79 Å². The van der Waals surface area contributed by atoms with E-state index in [1.54, 1.807) is 12.3 Å². The summed E-state index contributed by atoms with van der Waals surface area (Å²) < 4.78 is 44.8. The molecule has 1 fully saturated rings. The SMILES string of the molecule is O=C(Nc1ccc(C(F)(F)F)cc1)c1ccc[n+](C2OC(CO)C[C@H]2O)c1. The highest BCUT2D eigenvalue weighted by atomic mass is 19.4. The second-order valence-electron chi connectivity index (χ2n) is 6.20. The van der Waals surface area contributed by atoms with Gasteiger partial charge in [-0.25, -0.2) is 0 Å². The predicted molar refractivity (Wildman–Crippen MR) is 87.7 cm³/mol. The number of amides is 1. The van der Waals surface area contributed by atoms with Gasteiger partial charge in [0.05, 0.1) is 18.3 Å². The lowest BCUT2D eigenvalue weighted by atomic mass is 10.2. The van der Waals surface area contributed by atoms with E-state index in [0.717, 1.165) is 12.1 Å². The number of carbonyl (C=O) groups is 1. The van der Waals surface area contributed by atoms with Gasteiger partial charge in [-0.2, -0.15) is 17.7 Å². The smallest absolute Gasteiger partial charge is 0.394 e. The van der Waals surface area contributed by atoms with E-state index in [-0.39, 0.29) is 24.3 Å². The molecule has 1 aliphatic heterocycles. The molecule has 1 amide bonds. The zero-order chi connectivity index (χ0) is 19.6. The summed E-state index contributed by atoms with van der Waals surface area (Å²) in [6.07, 6.45) is -3.14. The normalized spacial score (nSPS) is 22.6. The molecule has 0 bridgehead atoms. The molecular weight excluding hydrogens is 365 g/mol. The van der Waals surface area contributed by atoms with E-state index < -0.39 is 36.1 Å². The number of aliphatic hydroxyl groups is 2. The maximum atomic E-state index is 12.6. The summed E-state index contributed by atoms with van der Waals surface area (Å²) in [4.78, 5) is 12.4. The monoisotopic (exact) mass is 383 g/mol. The number of rotatable bonds is 4. The highest BCUT2D eigenvalue weighted by Gasteiger charge is 2.40. The van der Waals surface area contributed by atoms with Crippen LogP contribution in [-0.4, -0.2) is 34.9 Å². The number of aromatic nitrogens is 1. The highest BCUT2D eigenvalue weighted by Crippen LogP contribution is 2.30. The molecule has 0 radical (unpaired) electrons. The fraction of sp³-hybridized carbons (Fsp3) is 0.333. The first-order chi connectivity index (χ1) is 12.8. The number of ether oxygens (including phenoxy) is 1. The van der Waals surface area contributed by atoms with Crippen LogP contribution >= 0.6 is 0 Å². The quantitative estimate of drug-likeness (QED) is 0.705. The molecule has 3 atom stereocenters. The van der Waals surface area contributed by atoms with Crippen LogP contribution in [0.15, 0.2) is 48.8 Å². The highest BCUT2D eigenvalue weighted by molar-refractivity contribution is 6.03. The van der Waals surface area contributed by atoms with Crippen molar-refractivity contribution in [1.82, 2.24) is 0 Å². The maximum Gasteiger partial charge on any atom is 0.416 e. The molecular formula is C18H18F3N2O4+. The van der Waals surface area contributed by atoms with E-state index in [4.69, 9.17) is 9.84 Å². The summed E-state index contributed by atoms with van der Waals surface area (Å²) in [6, 6.07) is 7.24. The molecule has 2 unspecified atom stereocenters. The molecule has 2 aromatic rings. The molecule has 3 rings (SSSR count). The molecule has 27 heavy (non-hydrogen) atoms.